The van der Waals surface area contributed by atoms with Gasteiger partial charge >= 0.3 is 0 Å². The summed E-state index contributed by atoms with van der Waals surface area (Å²) in [5.41, 5.74) is 7.89. The Kier molecular flexibility index (Phi) is 4.07. The molecule has 0 saturated carbocycles. The summed E-state index contributed by atoms with van der Waals surface area (Å²) in [6.45, 7) is 1.69. The van der Waals surface area contributed by atoms with Crippen LogP contribution < -0.4 is 5.73 Å². The predicted molar refractivity (Wildman–Crippen MR) is 76.3 cm³/mol. The zero-order valence-corrected chi connectivity index (χ0v) is 12.6. The Bertz CT molecular complexity index is 715. The minimum absolute atomic E-state index is 0.00845. The van der Waals surface area contributed by atoms with E-state index in [9.17, 15) is 12.8 Å². The van der Waals surface area contributed by atoms with Crippen LogP contribution in [0, 0.1) is 12.7 Å². The van der Waals surface area contributed by atoms with Gasteiger partial charge in [-0.1, -0.05) is 0 Å². The Morgan fingerprint density at radius 2 is 2.15 bits per heavy atom. The van der Waals surface area contributed by atoms with Gasteiger partial charge < -0.3 is 5.73 Å². The SMILES string of the molecule is Cc1cc(F)c(N)cc1S(=O)(=O)N(C)Cc1cscn1. The molecule has 5 nitrogen and oxygen atoms in total. The number of nitrogen functional groups attached to an aromatic ring is 1. The number of nitrogens with zero attached hydrogens (tertiary/aromatic N) is 2. The van der Waals surface area contributed by atoms with Crippen LogP contribution in [0.3, 0.4) is 0 Å². The third-order valence-electron chi connectivity index (χ3n) is 2.85. The van der Waals surface area contributed by atoms with Crippen molar-refractivity contribution in [1.29, 1.82) is 0 Å². The van der Waals surface area contributed by atoms with Gasteiger partial charge in [0.15, 0.2) is 0 Å². The van der Waals surface area contributed by atoms with Crippen molar-refractivity contribution in [2.75, 3.05) is 12.8 Å². The largest absolute Gasteiger partial charge is 0.396 e. The molecule has 0 unspecified atom stereocenters. The quantitative estimate of drug-likeness (QED) is 0.876. The van der Waals surface area contributed by atoms with E-state index in [1.54, 1.807) is 10.9 Å². The summed E-state index contributed by atoms with van der Waals surface area (Å²) in [6.07, 6.45) is 0. The number of anilines is 1. The molecule has 0 saturated heterocycles. The molecule has 2 rings (SSSR count). The molecule has 0 spiro atoms. The minimum atomic E-state index is -3.73. The molecule has 0 fully saturated rings. The first-order valence-electron chi connectivity index (χ1n) is 5.71. The summed E-state index contributed by atoms with van der Waals surface area (Å²) in [6, 6.07) is 2.27. The average Bonchev–Trinajstić information content (AvgIpc) is 2.86. The average molecular weight is 315 g/mol. The van der Waals surface area contributed by atoms with E-state index in [4.69, 9.17) is 5.73 Å². The highest BCUT2D eigenvalue weighted by molar-refractivity contribution is 7.89. The maximum Gasteiger partial charge on any atom is 0.243 e. The molecule has 20 heavy (non-hydrogen) atoms. The van der Waals surface area contributed by atoms with Crippen molar-refractivity contribution < 1.29 is 12.8 Å². The first-order valence-corrected chi connectivity index (χ1v) is 8.09. The molecule has 8 heteroatoms. The summed E-state index contributed by atoms with van der Waals surface area (Å²) >= 11 is 1.39. The van der Waals surface area contributed by atoms with Crippen molar-refractivity contribution in [3.63, 3.8) is 0 Å². The number of aryl methyl sites for hydroxylation is 1. The Morgan fingerprint density at radius 3 is 2.75 bits per heavy atom. The van der Waals surface area contributed by atoms with Crippen LogP contribution >= 0.6 is 11.3 Å². The van der Waals surface area contributed by atoms with Gasteiger partial charge in [-0.3, -0.25) is 0 Å². The van der Waals surface area contributed by atoms with Gasteiger partial charge in [-0.15, -0.1) is 11.3 Å². The van der Waals surface area contributed by atoms with Crippen LogP contribution in [-0.4, -0.2) is 24.8 Å². The lowest BCUT2D eigenvalue weighted by Crippen LogP contribution is -2.27. The smallest absolute Gasteiger partial charge is 0.243 e. The number of sulfonamides is 1. The van der Waals surface area contributed by atoms with Crippen LogP contribution in [0.2, 0.25) is 0 Å². The fraction of sp³-hybridized carbons (Fsp3) is 0.250. The molecule has 1 aromatic heterocycles. The van der Waals surface area contributed by atoms with Crippen molar-refractivity contribution in [3.05, 3.63) is 40.1 Å². The van der Waals surface area contributed by atoms with E-state index >= 15 is 0 Å². The van der Waals surface area contributed by atoms with E-state index in [0.29, 0.717) is 11.3 Å². The number of hydrogen-bond acceptors (Lipinski definition) is 5. The highest BCUT2D eigenvalue weighted by Crippen LogP contribution is 2.24. The lowest BCUT2D eigenvalue weighted by atomic mass is 10.2. The number of hydrogen-bond donors (Lipinski definition) is 1. The fourth-order valence-corrected chi connectivity index (χ4v) is 3.67. The number of aromatic nitrogens is 1. The number of thiazole rings is 1. The monoisotopic (exact) mass is 315 g/mol. The van der Waals surface area contributed by atoms with Gasteiger partial charge in [-0.25, -0.2) is 17.8 Å². The van der Waals surface area contributed by atoms with Crippen LogP contribution in [0.25, 0.3) is 0 Å². The van der Waals surface area contributed by atoms with Gasteiger partial charge in [-0.05, 0) is 24.6 Å². The highest BCUT2D eigenvalue weighted by atomic mass is 32.2. The summed E-state index contributed by atoms with van der Waals surface area (Å²) in [7, 11) is -2.28. The molecular weight excluding hydrogens is 301 g/mol. The molecule has 0 atom stereocenters. The second-order valence-corrected chi connectivity index (χ2v) is 7.11. The fourth-order valence-electron chi connectivity index (χ4n) is 1.74. The Morgan fingerprint density at radius 1 is 1.45 bits per heavy atom. The first-order chi connectivity index (χ1) is 9.32. The maximum absolute atomic E-state index is 13.3. The van der Waals surface area contributed by atoms with E-state index in [1.165, 1.54) is 29.6 Å². The zero-order chi connectivity index (χ0) is 14.9. The topological polar surface area (TPSA) is 76.3 Å². The van der Waals surface area contributed by atoms with Gasteiger partial charge in [0.2, 0.25) is 10.0 Å². The van der Waals surface area contributed by atoms with Gasteiger partial charge in [0.1, 0.15) is 5.82 Å². The first kappa shape index (κ1) is 14.9. The summed E-state index contributed by atoms with van der Waals surface area (Å²) in [5, 5.41) is 1.78. The van der Waals surface area contributed by atoms with Crippen molar-refractivity contribution in [2.45, 2.75) is 18.4 Å². The molecule has 1 aromatic carbocycles. The van der Waals surface area contributed by atoms with Crippen molar-refractivity contribution >= 4 is 27.0 Å². The third-order valence-corrected chi connectivity index (χ3v) is 5.43. The summed E-state index contributed by atoms with van der Waals surface area (Å²) in [5.74, 6) is -0.622. The molecule has 0 radical (unpaired) electrons. The van der Waals surface area contributed by atoms with Gasteiger partial charge in [-0.2, -0.15) is 4.31 Å². The summed E-state index contributed by atoms with van der Waals surface area (Å²) in [4.78, 5) is 4.05. The van der Waals surface area contributed by atoms with E-state index in [1.807, 2.05) is 0 Å². The lowest BCUT2D eigenvalue weighted by molar-refractivity contribution is 0.462. The van der Waals surface area contributed by atoms with Gasteiger partial charge in [0.05, 0.1) is 28.3 Å². The Labute approximate surface area is 120 Å². The second kappa shape index (κ2) is 5.47. The Hall–Kier alpha value is -1.51. The molecule has 0 bridgehead atoms. The Balaban J connectivity index is 2.37. The zero-order valence-electron chi connectivity index (χ0n) is 11.0. The standard InChI is InChI=1S/C12H14FN3O2S2/c1-8-3-10(13)11(14)4-12(8)20(17,18)16(2)5-9-6-19-7-15-9/h3-4,6-7H,5,14H2,1-2H3. The van der Waals surface area contributed by atoms with Crippen LogP contribution in [0.5, 0.6) is 0 Å². The molecular formula is C12H14FN3O2S2. The molecule has 2 aromatic rings. The molecule has 1 heterocycles. The third kappa shape index (κ3) is 2.82. The molecule has 0 amide bonds. The maximum atomic E-state index is 13.3. The normalized spacial score (nSPS) is 12.0. The van der Waals surface area contributed by atoms with E-state index in [-0.39, 0.29) is 17.1 Å². The molecule has 0 aliphatic carbocycles. The highest BCUT2D eigenvalue weighted by Gasteiger charge is 2.24. The van der Waals surface area contributed by atoms with Gasteiger partial charge in [0, 0.05) is 12.4 Å². The van der Waals surface area contributed by atoms with E-state index in [2.05, 4.69) is 4.98 Å². The van der Waals surface area contributed by atoms with Crippen LogP contribution in [-0.2, 0) is 16.6 Å². The lowest BCUT2D eigenvalue weighted by Gasteiger charge is -2.18. The van der Waals surface area contributed by atoms with Crippen LogP contribution in [0.4, 0.5) is 10.1 Å². The second-order valence-electron chi connectivity index (χ2n) is 4.38. The summed E-state index contributed by atoms with van der Waals surface area (Å²) < 4.78 is 39.4. The molecule has 0 aliphatic rings. The van der Waals surface area contributed by atoms with Crippen LogP contribution in [0.1, 0.15) is 11.3 Å². The number of nitrogens with two attached hydrogens (primary N) is 1. The van der Waals surface area contributed by atoms with Gasteiger partial charge in [0.25, 0.3) is 0 Å². The minimum Gasteiger partial charge on any atom is -0.396 e. The van der Waals surface area contributed by atoms with E-state index < -0.39 is 15.8 Å². The van der Waals surface area contributed by atoms with Crippen molar-refractivity contribution in [3.8, 4) is 0 Å². The molecule has 0 aliphatic heterocycles. The number of halogens is 1. The van der Waals surface area contributed by atoms with Crippen LogP contribution in [0.15, 0.2) is 27.9 Å². The molecule has 108 valence electrons. The number of benzene rings is 1. The van der Waals surface area contributed by atoms with E-state index in [0.717, 1.165) is 12.1 Å². The number of rotatable bonds is 4. The van der Waals surface area contributed by atoms with Crippen molar-refractivity contribution in [1.82, 2.24) is 9.29 Å². The predicted octanol–water partition coefficient (Wildman–Crippen LogP) is 1.99. The van der Waals surface area contributed by atoms with Crippen molar-refractivity contribution in [2.24, 2.45) is 0 Å². The molecule has 2 N–H and O–H groups in total.